The first-order valence-electron chi connectivity index (χ1n) is 8.79. The number of urea groups is 1. The lowest BCUT2D eigenvalue weighted by atomic mass is 9.83. The van der Waals surface area contributed by atoms with E-state index in [1.165, 1.54) is 6.07 Å². The van der Waals surface area contributed by atoms with Crippen molar-refractivity contribution >= 4 is 18.2 Å². The Kier molecular flexibility index (Phi) is 4.64. The first-order valence-corrected chi connectivity index (χ1v) is 8.79. The van der Waals surface area contributed by atoms with E-state index in [1.807, 2.05) is 0 Å². The second kappa shape index (κ2) is 7.27. The average Bonchev–Trinajstić information content (AvgIpc) is 3.00. The molecule has 3 amide bonds. The summed E-state index contributed by atoms with van der Waals surface area (Å²) >= 11 is 0. The lowest BCUT2D eigenvalue weighted by Crippen LogP contribution is -2.44. The summed E-state index contributed by atoms with van der Waals surface area (Å²) in [5.41, 5.74) is -0.382. The highest BCUT2D eigenvalue weighted by atomic mass is 19.1. The van der Waals surface area contributed by atoms with Crippen molar-refractivity contribution in [1.82, 2.24) is 10.3 Å². The first kappa shape index (κ1) is 18.5. The third-order valence-electron chi connectivity index (χ3n) is 4.69. The molecule has 29 heavy (non-hydrogen) atoms. The molecule has 0 atom stereocenters. The Morgan fingerprint density at radius 2 is 1.45 bits per heavy atom. The molecule has 1 aliphatic heterocycles. The fourth-order valence-corrected chi connectivity index (χ4v) is 3.28. The molecule has 1 aliphatic rings. The van der Waals surface area contributed by atoms with E-state index in [2.05, 4.69) is 10.4 Å². The Morgan fingerprint density at radius 1 is 0.862 bits per heavy atom. The highest BCUT2D eigenvalue weighted by molar-refractivity contribution is 6.09. The number of benzene rings is 3. The molecule has 0 unspecified atom stereocenters. The van der Waals surface area contributed by atoms with Gasteiger partial charge in [0.05, 0.1) is 6.21 Å². The van der Waals surface area contributed by atoms with Crippen LogP contribution in [0.15, 0.2) is 84.0 Å². The van der Waals surface area contributed by atoms with Gasteiger partial charge in [-0.3, -0.25) is 4.79 Å². The Balaban J connectivity index is 1.77. The predicted octanol–water partition coefficient (Wildman–Crippen LogP) is 3.79. The van der Waals surface area contributed by atoms with Crippen molar-refractivity contribution in [3.05, 3.63) is 107 Å². The van der Waals surface area contributed by atoms with Gasteiger partial charge in [0.15, 0.2) is 5.54 Å². The molecular formula is C22H15F2N3O2. The Labute approximate surface area is 165 Å². The summed E-state index contributed by atoms with van der Waals surface area (Å²) in [6.07, 6.45) is 1.01. The number of rotatable bonds is 4. The molecule has 0 aliphatic carbocycles. The van der Waals surface area contributed by atoms with Gasteiger partial charge in [-0.25, -0.2) is 13.6 Å². The molecule has 3 aromatic carbocycles. The van der Waals surface area contributed by atoms with Crippen LogP contribution in [0.5, 0.6) is 0 Å². The van der Waals surface area contributed by atoms with Crippen LogP contribution < -0.4 is 5.32 Å². The van der Waals surface area contributed by atoms with Crippen molar-refractivity contribution in [3.8, 4) is 0 Å². The van der Waals surface area contributed by atoms with Crippen LogP contribution in [0.3, 0.4) is 0 Å². The molecule has 1 fully saturated rings. The minimum Gasteiger partial charge on any atom is -0.314 e. The third kappa shape index (κ3) is 3.16. The van der Waals surface area contributed by atoms with Crippen molar-refractivity contribution in [1.29, 1.82) is 0 Å². The molecule has 4 rings (SSSR count). The smallest absolute Gasteiger partial charge is 0.314 e. The van der Waals surface area contributed by atoms with E-state index in [0.29, 0.717) is 22.2 Å². The predicted molar refractivity (Wildman–Crippen MR) is 103 cm³/mol. The monoisotopic (exact) mass is 391 g/mol. The molecule has 7 heteroatoms. The van der Waals surface area contributed by atoms with E-state index < -0.39 is 29.1 Å². The van der Waals surface area contributed by atoms with Crippen LogP contribution >= 0.6 is 0 Å². The van der Waals surface area contributed by atoms with Gasteiger partial charge in [0.2, 0.25) is 0 Å². The van der Waals surface area contributed by atoms with Gasteiger partial charge in [-0.15, -0.1) is 5.01 Å². The van der Waals surface area contributed by atoms with E-state index in [9.17, 15) is 18.4 Å². The Morgan fingerprint density at radius 3 is 2.00 bits per heavy atom. The maximum absolute atomic E-state index is 13.9. The summed E-state index contributed by atoms with van der Waals surface area (Å²) in [5, 5.41) is 7.26. The van der Waals surface area contributed by atoms with Crippen molar-refractivity contribution in [2.75, 3.05) is 0 Å². The minimum atomic E-state index is -1.46. The molecule has 1 saturated heterocycles. The molecule has 0 radical (unpaired) electrons. The number of carbonyl (C=O) groups excluding carboxylic acids is 2. The zero-order valence-corrected chi connectivity index (χ0v) is 15.0. The maximum atomic E-state index is 13.9. The molecular weight excluding hydrogens is 376 g/mol. The fraction of sp³-hybridized carbons (Fsp3) is 0.0455. The Bertz CT molecular complexity index is 1060. The molecule has 5 nitrogen and oxygen atoms in total. The van der Waals surface area contributed by atoms with Crippen LogP contribution in [0, 0.1) is 11.6 Å². The van der Waals surface area contributed by atoms with Gasteiger partial charge in [-0.05, 0) is 23.3 Å². The minimum absolute atomic E-state index is 0.0519. The molecule has 1 N–H and O–H groups in total. The van der Waals surface area contributed by atoms with Crippen LogP contribution in [-0.2, 0) is 10.3 Å². The number of hydrogen-bond donors (Lipinski definition) is 1. The van der Waals surface area contributed by atoms with Gasteiger partial charge < -0.3 is 5.32 Å². The summed E-state index contributed by atoms with van der Waals surface area (Å²) in [5.74, 6) is -2.21. The average molecular weight is 391 g/mol. The molecule has 1 heterocycles. The molecule has 3 aromatic rings. The number of carbonyl (C=O) groups is 2. The topological polar surface area (TPSA) is 61.8 Å². The summed E-state index contributed by atoms with van der Waals surface area (Å²) in [6.45, 7) is 0. The van der Waals surface area contributed by atoms with Gasteiger partial charge in [0.25, 0.3) is 5.91 Å². The van der Waals surface area contributed by atoms with Gasteiger partial charge >= 0.3 is 6.03 Å². The third-order valence-corrected chi connectivity index (χ3v) is 4.69. The van der Waals surface area contributed by atoms with Gasteiger partial charge in [-0.1, -0.05) is 60.7 Å². The number of hydrogen-bond acceptors (Lipinski definition) is 3. The zero-order valence-electron chi connectivity index (χ0n) is 15.0. The second-order valence-electron chi connectivity index (χ2n) is 6.44. The SMILES string of the molecule is O=C1NC(c2ccccc2)(c2ccccc2)C(=O)N1/N=C\c1ccc(F)cc1F. The normalized spacial score (nSPS) is 15.7. The molecule has 0 bridgehead atoms. The van der Waals surface area contributed by atoms with Crippen LogP contribution in [-0.4, -0.2) is 23.2 Å². The van der Waals surface area contributed by atoms with E-state index in [4.69, 9.17) is 0 Å². The van der Waals surface area contributed by atoms with Crippen LogP contribution in [0.4, 0.5) is 13.6 Å². The molecule has 0 spiro atoms. The van der Waals surface area contributed by atoms with E-state index >= 15 is 0 Å². The molecule has 144 valence electrons. The van der Waals surface area contributed by atoms with E-state index in [-0.39, 0.29) is 5.56 Å². The largest absolute Gasteiger partial charge is 0.346 e. The fourth-order valence-electron chi connectivity index (χ4n) is 3.28. The molecule has 0 aromatic heterocycles. The van der Waals surface area contributed by atoms with Crippen LogP contribution in [0.25, 0.3) is 0 Å². The summed E-state index contributed by atoms with van der Waals surface area (Å²) in [7, 11) is 0. The number of imide groups is 1. The standard InChI is InChI=1S/C22H15F2N3O2/c23-18-12-11-15(19(24)13-18)14-25-27-20(28)22(26-21(27)29,16-7-3-1-4-8-16)17-9-5-2-6-10-17/h1-14H,(H,26,29)/b25-14-. The van der Waals surface area contributed by atoms with Gasteiger partial charge in [0.1, 0.15) is 11.6 Å². The van der Waals surface area contributed by atoms with Gasteiger partial charge in [-0.2, -0.15) is 5.10 Å². The number of nitrogens with zero attached hydrogens (tertiary/aromatic N) is 2. The summed E-state index contributed by atoms with van der Waals surface area (Å²) in [6, 6.07) is 19.8. The van der Waals surface area contributed by atoms with E-state index in [1.54, 1.807) is 60.7 Å². The maximum Gasteiger partial charge on any atom is 0.346 e. The second-order valence-corrected chi connectivity index (χ2v) is 6.44. The van der Waals surface area contributed by atoms with Crippen molar-refractivity contribution < 1.29 is 18.4 Å². The van der Waals surface area contributed by atoms with Crippen molar-refractivity contribution in [3.63, 3.8) is 0 Å². The van der Waals surface area contributed by atoms with Crippen LogP contribution in [0.2, 0.25) is 0 Å². The van der Waals surface area contributed by atoms with Crippen LogP contribution in [0.1, 0.15) is 16.7 Å². The quantitative estimate of drug-likeness (QED) is 0.543. The first-order chi connectivity index (χ1) is 14.0. The highest BCUT2D eigenvalue weighted by Gasteiger charge is 2.54. The zero-order chi connectivity index (χ0) is 20.4. The van der Waals surface area contributed by atoms with Crippen molar-refractivity contribution in [2.24, 2.45) is 5.10 Å². The molecule has 0 saturated carbocycles. The lowest BCUT2D eigenvalue weighted by molar-refractivity contribution is -0.130. The Hall–Kier alpha value is -3.87. The highest BCUT2D eigenvalue weighted by Crippen LogP contribution is 2.36. The number of halogens is 2. The lowest BCUT2D eigenvalue weighted by Gasteiger charge is -2.27. The summed E-state index contributed by atoms with van der Waals surface area (Å²) in [4.78, 5) is 26.0. The van der Waals surface area contributed by atoms with E-state index in [0.717, 1.165) is 12.3 Å². The summed E-state index contributed by atoms with van der Waals surface area (Å²) < 4.78 is 26.9. The number of hydrazone groups is 1. The number of nitrogens with one attached hydrogen (secondary N) is 1. The van der Waals surface area contributed by atoms with Gasteiger partial charge in [0, 0.05) is 11.6 Å². The number of amides is 3. The van der Waals surface area contributed by atoms with Crippen molar-refractivity contribution in [2.45, 2.75) is 5.54 Å².